The zero-order valence-corrected chi connectivity index (χ0v) is 16.1. The average molecular weight is 389 g/mol. The third-order valence-electron chi connectivity index (χ3n) is 3.76. The van der Waals surface area contributed by atoms with Gasteiger partial charge in [0.25, 0.3) is 5.91 Å². The third-order valence-corrected chi connectivity index (χ3v) is 5.06. The smallest absolute Gasteiger partial charge is 0.266 e. The molecule has 0 bridgehead atoms. The monoisotopic (exact) mass is 388 g/mol. The zero-order valence-electron chi connectivity index (χ0n) is 14.5. The molecule has 1 heterocycles. The van der Waals surface area contributed by atoms with Crippen molar-refractivity contribution in [2.24, 2.45) is 4.99 Å². The van der Waals surface area contributed by atoms with E-state index in [0.29, 0.717) is 32.3 Å². The molecule has 1 saturated heterocycles. The maximum Gasteiger partial charge on any atom is 0.266 e. The Morgan fingerprint density at radius 2 is 1.96 bits per heavy atom. The van der Waals surface area contributed by atoms with Gasteiger partial charge >= 0.3 is 0 Å². The van der Waals surface area contributed by atoms with Crippen LogP contribution in [0.4, 0.5) is 5.69 Å². The molecule has 1 aliphatic rings. The molecule has 1 amide bonds. The van der Waals surface area contributed by atoms with Gasteiger partial charge in [0, 0.05) is 17.6 Å². The Kier molecular flexibility index (Phi) is 5.54. The maximum atomic E-state index is 12.6. The molecule has 0 radical (unpaired) electrons. The van der Waals surface area contributed by atoms with Gasteiger partial charge in [-0.1, -0.05) is 17.7 Å². The summed E-state index contributed by atoms with van der Waals surface area (Å²) in [7, 11) is 4.88. The standard InChI is InChI=1S/C19H17ClN2O3S/c1-22-18(23)17(10-12-9-15(24-2)7-8-16(12)25-3)26-19(22)21-14-6-4-5-13(20)11-14/h4-11H,1-3H3/b17-10+,21-19?. The summed E-state index contributed by atoms with van der Waals surface area (Å²) in [6.07, 6.45) is 1.78. The number of amidine groups is 1. The molecule has 5 nitrogen and oxygen atoms in total. The fourth-order valence-electron chi connectivity index (χ4n) is 2.40. The van der Waals surface area contributed by atoms with Crippen LogP contribution in [0.5, 0.6) is 11.5 Å². The molecule has 26 heavy (non-hydrogen) atoms. The van der Waals surface area contributed by atoms with Gasteiger partial charge in [-0.2, -0.15) is 0 Å². The van der Waals surface area contributed by atoms with E-state index in [1.54, 1.807) is 45.5 Å². The lowest BCUT2D eigenvalue weighted by Crippen LogP contribution is -2.23. The van der Waals surface area contributed by atoms with E-state index in [1.165, 1.54) is 16.7 Å². The molecule has 3 rings (SSSR count). The number of carbonyl (C=O) groups excluding carboxylic acids is 1. The SMILES string of the molecule is COc1ccc(OC)c(/C=C2/SC(=Nc3cccc(Cl)c3)N(C)C2=O)c1. The number of amides is 1. The van der Waals surface area contributed by atoms with Crippen molar-refractivity contribution in [2.45, 2.75) is 0 Å². The van der Waals surface area contributed by atoms with Crippen LogP contribution in [0.1, 0.15) is 5.56 Å². The van der Waals surface area contributed by atoms with Crippen LogP contribution >= 0.6 is 23.4 Å². The second-order valence-corrected chi connectivity index (χ2v) is 6.90. The molecule has 0 atom stereocenters. The molecule has 2 aromatic rings. The summed E-state index contributed by atoms with van der Waals surface area (Å²) < 4.78 is 10.6. The molecule has 0 saturated carbocycles. The van der Waals surface area contributed by atoms with Crippen LogP contribution in [0.2, 0.25) is 5.02 Å². The fourth-order valence-corrected chi connectivity index (χ4v) is 3.56. The maximum absolute atomic E-state index is 12.6. The van der Waals surface area contributed by atoms with Crippen LogP contribution in [-0.4, -0.2) is 37.2 Å². The molecule has 1 aliphatic heterocycles. The van der Waals surface area contributed by atoms with Gasteiger partial charge in [0.05, 0.1) is 24.8 Å². The number of carbonyl (C=O) groups is 1. The predicted octanol–water partition coefficient (Wildman–Crippen LogP) is 4.59. The van der Waals surface area contributed by atoms with Crippen LogP contribution in [0.3, 0.4) is 0 Å². The minimum atomic E-state index is -0.124. The van der Waals surface area contributed by atoms with E-state index in [4.69, 9.17) is 21.1 Å². The van der Waals surface area contributed by atoms with Gasteiger partial charge in [-0.3, -0.25) is 9.69 Å². The lowest BCUT2D eigenvalue weighted by Gasteiger charge is -2.08. The number of halogens is 1. The fraction of sp³-hybridized carbons (Fsp3) is 0.158. The second kappa shape index (κ2) is 7.85. The van der Waals surface area contributed by atoms with E-state index in [-0.39, 0.29) is 5.91 Å². The largest absolute Gasteiger partial charge is 0.497 e. The first-order chi connectivity index (χ1) is 12.5. The Morgan fingerprint density at radius 1 is 1.15 bits per heavy atom. The van der Waals surface area contributed by atoms with Crippen LogP contribution in [0.15, 0.2) is 52.4 Å². The molecule has 0 spiro atoms. The number of likely N-dealkylation sites (N-methyl/N-ethyl adjacent to an activating group) is 1. The number of aliphatic imine (C=N–C) groups is 1. The lowest BCUT2D eigenvalue weighted by atomic mass is 10.1. The average Bonchev–Trinajstić information content (AvgIpc) is 2.89. The Balaban J connectivity index is 1.95. The van der Waals surface area contributed by atoms with Crippen molar-refractivity contribution < 1.29 is 14.3 Å². The lowest BCUT2D eigenvalue weighted by molar-refractivity contribution is -0.121. The van der Waals surface area contributed by atoms with Gasteiger partial charge in [0.15, 0.2) is 5.17 Å². The van der Waals surface area contributed by atoms with E-state index in [0.717, 1.165) is 5.56 Å². The molecular weight excluding hydrogens is 372 g/mol. The van der Waals surface area contributed by atoms with Crippen molar-refractivity contribution in [3.63, 3.8) is 0 Å². The van der Waals surface area contributed by atoms with Gasteiger partial charge < -0.3 is 9.47 Å². The van der Waals surface area contributed by atoms with Crippen molar-refractivity contribution in [3.05, 3.63) is 58.0 Å². The molecule has 2 aromatic carbocycles. The molecule has 7 heteroatoms. The van der Waals surface area contributed by atoms with Crippen molar-refractivity contribution in [1.29, 1.82) is 0 Å². The van der Waals surface area contributed by atoms with Crippen LogP contribution in [0.25, 0.3) is 6.08 Å². The number of nitrogens with zero attached hydrogens (tertiary/aromatic N) is 2. The van der Waals surface area contributed by atoms with Crippen LogP contribution in [-0.2, 0) is 4.79 Å². The van der Waals surface area contributed by atoms with E-state index in [1.807, 2.05) is 24.3 Å². The number of hydrogen-bond acceptors (Lipinski definition) is 5. The van der Waals surface area contributed by atoms with Crippen molar-refractivity contribution in [3.8, 4) is 11.5 Å². The number of benzene rings is 2. The summed E-state index contributed by atoms with van der Waals surface area (Å²) >= 11 is 7.30. The first-order valence-corrected chi connectivity index (χ1v) is 8.95. The molecule has 0 aliphatic carbocycles. The van der Waals surface area contributed by atoms with Crippen molar-refractivity contribution >= 4 is 46.2 Å². The Morgan fingerprint density at radius 3 is 2.65 bits per heavy atom. The number of rotatable bonds is 4. The minimum Gasteiger partial charge on any atom is -0.497 e. The van der Waals surface area contributed by atoms with Gasteiger partial charge in [0.1, 0.15) is 11.5 Å². The summed E-state index contributed by atoms with van der Waals surface area (Å²) in [5, 5.41) is 1.19. The van der Waals surface area contributed by atoms with Crippen LogP contribution in [0, 0.1) is 0 Å². The van der Waals surface area contributed by atoms with Gasteiger partial charge in [0.2, 0.25) is 0 Å². The highest BCUT2D eigenvalue weighted by atomic mass is 35.5. The van der Waals surface area contributed by atoms with Gasteiger partial charge in [-0.05, 0) is 54.2 Å². The van der Waals surface area contributed by atoms with E-state index >= 15 is 0 Å². The molecule has 0 unspecified atom stereocenters. The molecule has 134 valence electrons. The molecular formula is C19H17ClN2O3S. The number of ether oxygens (including phenoxy) is 2. The Hall–Kier alpha value is -2.44. The Bertz CT molecular complexity index is 911. The third kappa shape index (κ3) is 3.86. The summed E-state index contributed by atoms with van der Waals surface area (Å²) in [6.45, 7) is 0. The summed E-state index contributed by atoms with van der Waals surface area (Å²) in [6, 6.07) is 12.6. The van der Waals surface area contributed by atoms with Crippen molar-refractivity contribution in [2.75, 3.05) is 21.3 Å². The minimum absolute atomic E-state index is 0.124. The number of thioether (sulfide) groups is 1. The highest BCUT2D eigenvalue weighted by Gasteiger charge is 2.30. The number of methoxy groups -OCH3 is 2. The summed E-state index contributed by atoms with van der Waals surface area (Å²) in [5.41, 5.74) is 1.46. The molecule has 1 fully saturated rings. The molecule has 0 N–H and O–H groups in total. The highest BCUT2D eigenvalue weighted by molar-refractivity contribution is 8.18. The quantitative estimate of drug-likeness (QED) is 0.719. The highest BCUT2D eigenvalue weighted by Crippen LogP contribution is 2.35. The van der Waals surface area contributed by atoms with E-state index in [2.05, 4.69) is 4.99 Å². The Labute approximate surface area is 161 Å². The first-order valence-electron chi connectivity index (χ1n) is 7.75. The van der Waals surface area contributed by atoms with Crippen molar-refractivity contribution in [1.82, 2.24) is 4.90 Å². The summed E-state index contributed by atoms with van der Waals surface area (Å²) in [4.78, 5) is 19.2. The second-order valence-electron chi connectivity index (χ2n) is 5.46. The predicted molar refractivity (Wildman–Crippen MR) is 106 cm³/mol. The van der Waals surface area contributed by atoms with E-state index in [9.17, 15) is 4.79 Å². The normalized spacial score (nSPS) is 17.2. The van der Waals surface area contributed by atoms with Gasteiger partial charge in [-0.25, -0.2) is 4.99 Å². The topological polar surface area (TPSA) is 51.1 Å². The van der Waals surface area contributed by atoms with E-state index < -0.39 is 0 Å². The first kappa shape index (κ1) is 18.4. The van der Waals surface area contributed by atoms with Gasteiger partial charge in [-0.15, -0.1) is 0 Å². The summed E-state index contributed by atoms with van der Waals surface area (Å²) in [5.74, 6) is 1.23. The zero-order chi connectivity index (χ0) is 18.7. The number of hydrogen-bond donors (Lipinski definition) is 0. The van der Waals surface area contributed by atoms with Crippen LogP contribution < -0.4 is 9.47 Å². The molecule has 0 aromatic heterocycles.